The number of rotatable bonds is 4. The Bertz CT molecular complexity index is 1420. The minimum absolute atomic E-state index is 0.00641. The number of nitrogens with two attached hydrogens (primary N) is 1. The first kappa shape index (κ1) is 21.9. The number of hydrogen-bond donors (Lipinski definition) is 1. The molecular weight excluding hydrogens is 431 g/mol. The van der Waals surface area contributed by atoms with Crippen molar-refractivity contribution < 1.29 is 9.13 Å². The number of ether oxygens (including phenoxy) is 1. The lowest BCUT2D eigenvalue weighted by atomic mass is 9.96. The Morgan fingerprint density at radius 2 is 1.88 bits per heavy atom. The minimum atomic E-state index is -0.563. The molecule has 2 N–H and O–H groups in total. The monoisotopic (exact) mass is 456 g/mol. The van der Waals surface area contributed by atoms with E-state index in [9.17, 15) is 9.65 Å². The van der Waals surface area contributed by atoms with Crippen molar-refractivity contribution in [2.75, 3.05) is 25.1 Å². The van der Waals surface area contributed by atoms with Crippen LogP contribution in [0.1, 0.15) is 18.4 Å². The topological polar surface area (TPSA) is 93.0 Å². The van der Waals surface area contributed by atoms with Crippen LogP contribution >= 0.6 is 0 Å². The molecule has 1 saturated heterocycles. The second-order valence-electron chi connectivity index (χ2n) is 8.62. The lowest BCUT2D eigenvalue weighted by Crippen LogP contribution is -2.39. The quantitative estimate of drug-likeness (QED) is 0.494. The molecule has 0 bridgehead atoms. The molecule has 1 fully saturated rings. The van der Waals surface area contributed by atoms with Gasteiger partial charge in [0.1, 0.15) is 17.6 Å². The summed E-state index contributed by atoms with van der Waals surface area (Å²) in [5.74, 6) is -0.0584. The van der Waals surface area contributed by atoms with Gasteiger partial charge >= 0.3 is 0 Å². The largest absolute Gasteiger partial charge is 0.480 e. The van der Waals surface area contributed by atoms with Crippen LogP contribution in [0.4, 0.5) is 10.1 Å². The molecule has 172 valence electrons. The summed E-state index contributed by atoms with van der Waals surface area (Å²) in [5, 5.41) is 14.7. The van der Waals surface area contributed by atoms with E-state index in [1.54, 1.807) is 17.9 Å². The number of aryl methyl sites for hydroxylation is 1. The number of anilines is 1. The van der Waals surface area contributed by atoms with Crippen LogP contribution in [0.25, 0.3) is 33.3 Å². The maximum Gasteiger partial charge on any atom is 0.237 e. The molecule has 1 aliphatic rings. The number of nitrogens with zero attached hydrogens (tertiary/aromatic N) is 5. The fourth-order valence-electron chi connectivity index (χ4n) is 4.50. The van der Waals surface area contributed by atoms with E-state index in [2.05, 4.69) is 10.00 Å². The van der Waals surface area contributed by atoms with Gasteiger partial charge in [0, 0.05) is 48.9 Å². The molecule has 0 radical (unpaired) electrons. The molecular formula is C26H25FN6O. The van der Waals surface area contributed by atoms with E-state index in [1.165, 1.54) is 12.1 Å². The maximum absolute atomic E-state index is 14.6. The fraction of sp³-hybridized carbons (Fsp3) is 0.269. The summed E-state index contributed by atoms with van der Waals surface area (Å²) in [4.78, 5) is 7.11. The fourth-order valence-corrected chi connectivity index (χ4v) is 4.50. The normalized spacial score (nSPS) is 14.4. The second kappa shape index (κ2) is 8.76. The zero-order chi connectivity index (χ0) is 23.8. The van der Waals surface area contributed by atoms with Crippen molar-refractivity contribution in [3.05, 3.63) is 60.0 Å². The molecule has 0 atom stereocenters. The number of pyridine rings is 1. The van der Waals surface area contributed by atoms with Crippen molar-refractivity contribution in [1.82, 2.24) is 14.8 Å². The van der Waals surface area contributed by atoms with Crippen LogP contribution in [-0.4, -0.2) is 41.0 Å². The van der Waals surface area contributed by atoms with Gasteiger partial charge in [0.05, 0.1) is 23.9 Å². The van der Waals surface area contributed by atoms with Crippen LogP contribution in [0.2, 0.25) is 0 Å². The third-order valence-corrected chi connectivity index (χ3v) is 6.34. The number of methoxy groups -OCH3 is 1. The van der Waals surface area contributed by atoms with Gasteiger partial charge in [0.15, 0.2) is 0 Å². The molecule has 1 aliphatic heterocycles. The Morgan fingerprint density at radius 3 is 2.59 bits per heavy atom. The van der Waals surface area contributed by atoms with Crippen LogP contribution < -0.4 is 15.4 Å². The van der Waals surface area contributed by atoms with Gasteiger partial charge in [-0.1, -0.05) is 18.2 Å². The van der Waals surface area contributed by atoms with Gasteiger partial charge in [-0.3, -0.25) is 4.68 Å². The van der Waals surface area contributed by atoms with Crippen LogP contribution in [0.5, 0.6) is 5.88 Å². The number of halogens is 1. The number of fused-ring (bicyclic) bond motifs is 1. The minimum Gasteiger partial charge on any atom is -0.480 e. The second-order valence-corrected chi connectivity index (χ2v) is 8.62. The van der Waals surface area contributed by atoms with E-state index >= 15 is 0 Å². The van der Waals surface area contributed by atoms with Gasteiger partial charge in [0.2, 0.25) is 5.88 Å². The summed E-state index contributed by atoms with van der Waals surface area (Å²) in [6.45, 7) is 1.58. The van der Waals surface area contributed by atoms with E-state index in [0.717, 1.165) is 53.6 Å². The highest BCUT2D eigenvalue weighted by Gasteiger charge is 2.23. The summed E-state index contributed by atoms with van der Waals surface area (Å²) < 4.78 is 22.1. The molecule has 8 heteroatoms. The van der Waals surface area contributed by atoms with E-state index < -0.39 is 5.82 Å². The molecule has 0 amide bonds. The van der Waals surface area contributed by atoms with Gasteiger partial charge < -0.3 is 15.4 Å². The average molecular weight is 457 g/mol. The molecule has 3 heterocycles. The molecule has 0 unspecified atom stereocenters. The molecule has 4 aromatic rings. The van der Waals surface area contributed by atoms with Crippen molar-refractivity contribution in [2.45, 2.75) is 18.9 Å². The van der Waals surface area contributed by atoms with Gasteiger partial charge in [-0.15, -0.1) is 0 Å². The van der Waals surface area contributed by atoms with Crippen LogP contribution in [0.3, 0.4) is 0 Å². The van der Waals surface area contributed by atoms with Gasteiger partial charge in [-0.25, -0.2) is 9.37 Å². The first-order chi connectivity index (χ1) is 16.5. The highest BCUT2D eigenvalue weighted by molar-refractivity contribution is 5.89. The van der Waals surface area contributed by atoms with E-state index in [4.69, 9.17) is 15.5 Å². The standard InChI is InChI=1S/C26H25FN6O/c1-32-15-19-6-4-17(12-23(19)31-32)25-21(16-3-5-18(14-28)22(27)11-16)13-24(26(30-25)34-2)33-9-7-20(29)8-10-33/h3-6,11-13,15,20H,7-10,29H2,1-2H3. The van der Waals surface area contributed by atoms with E-state index in [0.29, 0.717) is 17.1 Å². The molecule has 7 nitrogen and oxygen atoms in total. The molecule has 0 spiro atoms. The first-order valence-electron chi connectivity index (χ1n) is 11.2. The smallest absolute Gasteiger partial charge is 0.237 e. The number of aromatic nitrogens is 3. The lowest BCUT2D eigenvalue weighted by molar-refractivity contribution is 0.395. The van der Waals surface area contributed by atoms with Crippen LogP contribution in [0.15, 0.2) is 48.7 Å². The van der Waals surface area contributed by atoms with Crippen molar-refractivity contribution in [1.29, 1.82) is 5.26 Å². The van der Waals surface area contributed by atoms with Crippen LogP contribution in [-0.2, 0) is 7.05 Å². The summed E-state index contributed by atoms with van der Waals surface area (Å²) in [6.07, 6.45) is 3.71. The van der Waals surface area contributed by atoms with Gasteiger partial charge in [-0.05, 0) is 42.7 Å². The third kappa shape index (κ3) is 3.95. The number of nitriles is 1. The summed E-state index contributed by atoms with van der Waals surface area (Å²) in [7, 11) is 3.49. The Kier molecular flexibility index (Phi) is 5.64. The predicted molar refractivity (Wildman–Crippen MR) is 130 cm³/mol. The van der Waals surface area contributed by atoms with Crippen LogP contribution in [0, 0.1) is 17.1 Å². The molecule has 5 rings (SSSR count). The lowest BCUT2D eigenvalue weighted by Gasteiger charge is -2.33. The Hall–Kier alpha value is -3.96. The van der Waals surface area contributed by atoms with Gasteiger partial charge in [-0.2, -0.15) is 10.4 Å². The van der Waals surface area contributed by atoms with E-state index in [1.807, 2.05) is 43.6 Å². The highest BCUT2D eigenvalue weighted by Crippen LogP contribution is 2.40. The summed E-state index contributed by atoms with van der Waals surface area (Å²) in [6, 6.07) is 14.7. The molecule has 0 aliphatic carbocycles. The van der Waals surface area contributed by atoms with Crippen molar-refractivity contribution in [3.8, 4) is 34.3 Å². The molecule has 0 saturated carbocycles. The van der Waals surface area contributed by atoms with Crippen molar-refractivity contribution in [3.63, 3.8) is 0 Å². The zero-order valence-corrected chi connectivity index (χ0v) is 19.1. The Balaban J connectivity index is 1.71. The first-order valence-corrected chi connectivity index (χ1v) is 11.2. The Morgan fingerprint density at radius 1 is 1.12 bits per heavy atom. The summed E-state index contributed by atoms with van der Waals surface area (Å²) in [5.41, 5.74) is 10.7. The number of hydrogen-bond acceptors (Lipinski definition) is 6. The maximum atomic E-state index is 14.6. The number of benzene rings is 2. The SMILES string of the molecule is COc1nc(-c2ccc3cn(C)nc3c2)c(-c2ccc(C#N)c(F)c2)cc1N1CCC(N)CC1. The number of piperidine rings is 1. The highest BCUT2D eigenvalue weighted by atomic mass is 19.1. The van der Waals surface area contributed by atoms with Crippen molar-refractivity contribution in [2.24, 2.45) is 12.8 Å². The third-order valence-electron chi connectivity index (χ3n) is 6.34. The summed E-state index contributed by atoms with van der Waals surface area (Å²) >= 11 is 0. The van der Waals surface area contributed by atoms with Gasteiger partial charge in [0.25, 0.3) is 0 Å². The predicted octanol–water partition coefficient (Wildman–Crippen LogP) is 4.25. The average Bonchev–Trinajstić information content (AvgIpc) is 3.23. The van der Waals surface area contributed by atoms with Crippen molar-refractivity contribution >= 4 is 16.6 Å². The van der Waals surface area contributed by atoms with E-state index in [-0.39, 0.29) is 11.6 Å². The molecule has 2 aromatic carbocycles. The molecule has 34 heavy (non-hydrogen) atoms. The zero-order valence-electron chi connectivity index (χ0n) is 19.1. The Labute approximate surface area is 197 Å². The molecule has 2 aromatic heterocycles.